The second-order valence-corrected chi connectivity index (χ2v) is 9.35. The minimum atomic E-state index is -0.159. The van der Waals surface area contributed by atoms with Gasteiger partial charge in [0.2, 0.25) is 0 Å². The van der Waals surface area contributed by atoms with Gasteiger partial charge in [-0.3, -0.25) is 4.79 Å². The largest absolute Gasteiger partial charge is 0.313 e. The number of fused-ring (bicyclic) bond motifs is 1. The van der Waals surface area contributed by atoms with Crippen molar-refractivity contribution in [2.45, 2.75) is 56.9 Å². The molecule has 2 aromatic carbocycles. The molecule has 3 heteroatoms. The molecule has 154 valence electrons. The van der Waals surface area contributed by atoms with Crippen molar-refractivity contribution < 1.29 is 4.79 Å². The molecule has 0 radical (unpaired) electrons. The summed E-state index contributed by atoms with van der Waals surface area (Å²) in [6.45, 7) is 3.15. The molecule has 3 nitrogen and oxygen atoms in total. The summed E-state index contributed by atoms with van der Waals surface area (Å²) in [7, 11) is 1.85. The van der Waals surface area contributed by atoms with Crippen molar-refractivity contribution in [2.75, 3.05) is 18.5 Å². The van der Waals surface area contributed by atoms with Crippen LogP contribution < -0.4 is 10.2 Å². The van der Waals surface area contributed by atoms with Gasteiger partial charge in [-0.15, -0.1) is 0 Å². The van der Waals surface area contributed by atoms with E-state index in [9.17, 15) is 4.79 Å². The van der Waals surface area contributed by atoms with Crippen LogP contribution in [0.25, 0.3) is 0 Å². The fourth-order valence-electron chi connectivity index (χ4n) is 6.17. The maximum Gasteiger partial charge on any atom is 0.302 e. The van der Waals surface area contributed by atoms with Crippen LogP contribution in [0.4, 0.5) is 5.69 Å². The molecule has 30 heavy (non-hydrogen) atoms. The lowest BCUT2D eigenvalue weighted by Crippen LogP contribution is -2.59. The number of aryl methyl sites for hydroxylation is 1. The smallest absolute Gasteiger partial charge is 0.302 e. The number of nitrogens with one attached hydrogen (secondary N) is 1. The van der Waals surface area contributed by atoms with Gasteiger partial charge in [-0.05, 0) is 86.0 Å². The highest BCUT2D eigenvalue weighted by atomic mass is 16.2. The van der Waals surface area contributed by atoms with Crippen LogP contribution in [0.15, 0.2) is 42.5 Å². The molecule has 1 saturated carbocycles. The van der Waals surface area contributed by atoms with Gasteiger partial charge in [0.05, 0.1) is 0 Å². The summed E-state index contributed by atoms with van der Waals surface area (Å²) in [6.07, 6.45) is 7.63. The highest BCUT2D eigenvalue weighted by Gasteiger charge is 2.51. The molecule has 3 aliphatic rings. The molecular formula is C27H30N2O. The van der Waals surface area contributed by atoms with Crippen LogP contribution in [0.1, 0.15) is 54.4 Å². The molecule has 0 unspecified atom stereocenters. The first-order valence-electron chi connectivity index (χ1n) is 11.3. The quantitative estimate of drug-likeness (QED) is 0.724. The van der Waals surface area contributed by atoms with Crippen molar-refractivity contribution >= 4 is 11.6 Å². The molecule has 2 bridgehead atoms. The van der Waals surface area contributed by atoms with E-state index in [1.165, 1.54) is 43.2 Å². The molecule has 0 spiro atoms. The highest BCUT2D eigenvalue weighted by molar-refractivity contribution is 6.05. The van der Waals surface area contributed by atoms with E-state index in [1.54, 1.807) is 4.90 Å². The van der Waals surface area contributed by atoms with Gasteiger partial charge < -0.3 is 10.2 Å². The molecule has 1 amide bonds. The first kappa shape index (κ1) is 19.4. The molecule has 0 aromatic heterocycles. The second-order valence-electron chi connectivity index (χ2n) is 9.35. The van der Waals surface area contributed by atoms with Crippen LogP contribution in [-0.2, 0) is 16.6 Å². The van der Waals surface area contributed by atoms with Crippen LogP contribution in [0.5, 0.6) is 0 Å². The number of hydrogen-bond acceptors (Lipinski definition) is 2. The number of nitrogens with zero attached hydrogens (tertiary/aromatic N) is 1. The monoisotopic (exact) mass is 398 g/mol. The van der Waals surface area contributed by atoms with Crippen molar-refractivity contribution in [2.24, 2.45) is 5.92 Å². The number of piperidine rings is 1. The van der Waals surface area contributed by atoms with Gasteiger partial charge >= 0.3 is 5.91 Å². The lowest BCUT2D eigenvalue weighted by molar-refractivity contribution is -0.113. The minimum Gasteiger partial charge on any atom is -0.313 e. The van der Waals surface area contributed by atoms with E-state index in [4.69, 9.17) is 0 Å². The maximum absolute atomic E-state index is 12.8. The molecule has 1 heterocycles. The number of hydrogen-bond donors (Lipinski definition) is 1. The Labute approximate surface area is 179 Å². The maximum atomic E-state index is 12.8. The zero-order valence-corrected chi connectivity index (χ0v) is 18.0. The van der Waals surface area contributed by atoms with Crippen LogP contribution in [0.3, 0.4) is 0 Å². The van der Waals surface area contributed by atoms with Gasteiger partial charge in [0.1, 0.15) is 0 Å². The summed E-state index contributed by atoms with van der Waals surface area (Å²) in [5.74, 6) is 6.44. The Morgan fingerprint density at radius 3 is 2.93 bits per heavy atom. The van der Waals surface area contributed by atoms with E-state index in [-0.39, 0.29) is 5.91 Å². The van der Waals surface area contributed by atoms with Crippen molar-refractivity contribution in [3.05, 3.63) is 64.7 Å². The van der Waals surface area contributed by atoms with E-state index >= 15 is 0 Å². The number of carbonyl (C=O) groups is 1. The van der Waals surface area contributed by atoms with Gasteiger partial charge in [0.25, 0.3) is 0 Å². The van der Waals surface area contributed by atoms with Gasteiger partial charge in [-0.1, -0.05) is 37.0 Å². The molecule has 1 saturated heterocycles. The SMILES string of the molecule is Cc1cccc(C#CC(=O)N(C)c2ccc3c(c2)[C@@]24CCCC[C@H]2[C@@H](C3)NCC4)c1. The molecule has 1 N–H and O–H groups in total. The number of rotatable bonds is 1. The normalized spacial score (nSPS) is 26.6. The molecule has 2 aliphatic carbocycles. The van der Waals surface area contributed by atoms with E-state index in [2.05, 4.69) is 35.4 Å². The van der Waals surface area contributed by atoms with Crippen LogP contribution in [0, 0.1) is 24.7 Å². The van der Waals surface area contributed by atoms with Gasteiger partial charge in [0.15, 0.2) is 0 Å². The fourth-order valence-corrected chi connectivity index (χ4v) is 6.17. The Bertz CT molecular complexity index is 1040. The Balaban J connectivity index is 1.45. The first-order valence-corrected chi connectivity index (χ1v) is 11.3. The number of carbonyl (C=O) groups excluding carboxylic acids is 1. The third-order valence-corrected chi connectivity index (χ3v) is 7.65. The van der Waals surface area contributed by atoms with E-state index in [1.807, 2.05) is 38.2 Å². The molecule has 3 atom stereocenters. The second kappa shape index (κ2) is 7.60. The zero-order valence-electron chi connectivity index (χ0n) is 18.0. The zero-order chi connectivity index (χ0) is 20.7. The van der Waals surface area contributed by atoms with Crippen molar-refractivity contribution in [1.29, 1.82) is 0 Å². The summed E-state index contributed by atoms with van der Waals surface area (Å²) in [5, 5.41) is 3.79. The summed E-state index contributed by atoms with van der Waals surface area (Å²) in [5.41, 5.74) is 6.28. The Morgan fingerprint density at radius 1 is 1.17 bits per heavy atom. The Morgan fingerprint density at radius 2 is 2.07 bits per heavy atom. The van der Waals surface area contributed by atoms with Crippen LogP contribution >= 0.6 is 0 Å². The molecular weight excluding hydrogens is 368 g/mol. The Kier molecular flexibility index (Phi) is 4.91. The predicted molar refractivity (Wildman–Crippen MR) is 122 cm³/mol. The predicted octanol–water partition coefficient (Wildman–Crippen LogP) is 4.36. The average molecular weight is 399 g/mol. The average Bonchev–Trinajstić information content (AvgIpc) is 2.77. The lowest BCUT2D eigenvalue weighted by atomic mass is 9.53. The van der Waals surface area contributed by atoms with Crippen LogP contribution in [0.2, 0.25) is 0 Å². The molecule has 2 aromatic rings. The standard InChI is InChI=1S/C27H30N2O/c1-19-6-5-7-20(16-19)9-12-26(30)29(2)22-11-10-21-17-25-23-8-3-4-13-27(23,14-15-28-25)24(21)18-22/h5-7,10-11,16,18,23,25,28H,3-4,8,13-15,17H2,1-2H3/t23-,25+,27+/m0/s1. The highest BCUT2D eigenvalue weighted by Crippen LogP contribution is 2.54. The van der Waals surface area contributed by atoms with Gasteiger partial charge in [-0.2, -0.15) is 0 Å². The lowest BCUT2D eigenvalue weighted by Gasteiger charge is -2.56. The van der Waals surface area contributed by atoms with Crippen LogP contribution in [-0.4, -0.2) is 25.5 Å². The molecule has 2 fully saturated rings. The fraction of sp³-hybridized carbons (Fsp3) is 0.444. The number of amides is 1. The summed E-state index contributed by atoms with van der Waals surface area (Å²) in [4.78, 5) is 14.5. The van der Waals surface area contributed by atoms with Crippen molar-refractivity contribution in [3.8, 4) is 11.8 Å². The molecule has 5 rings (SSSR count). The number of anilines is 1. The third kappa shape index (κ3) is 3.24. The third-order valence-electron chi connectivity index (χ3n) is 7.65. The Hall–Kier alpha value is -2.57. The summed E-state index contributed by atoms with van der Waals surface area (Å²) >= 11 is 0. The van der Waals surface area contributed by atoms with Gasteiger partial charge in [0, 0.05) is 35.7 Å². The minimum absolute atomic E-state index is 0.159. The van der Waals surface area contributed by atoms with E-state index < -0.39 is 0 Å². The van der Waals surface area contributed by atoms with E-state index in [0.29, 0.717) is 11.5 Å². The topological polar surface area (TPSA) is 32.3 Å². The van der Waals surface area contributed by atoms with Crippen molar-refractivity contribution in [3.63, 3.8) is 0 Å². The number of benzene rings is 2. The first-order chi connectivity index (χ1) is 14.6. The summed E-state index contributed by atoms with van der Waals surface area (Å²) in [6, 6.07) is 15.3. The van der Waals surface area contributed by atoms with Gasteiger partial charge in [-0.25, -0.2) is 0 Å². The molecule has 1 aliphatic heterocycles. The summed E-state index contributed by atoms with van der Waals surface area (Å²) < 4.78 is 0. The van der Waals surface area contributed by atoms with Crippen molar-refractivity contribution in [1.82, 2.24) is 5.32 Å². The van der Waals surface area contributed by atoms with E-state index in [0.717, 1.165) is 35.7 Å².